The number of carbonyl (C=O) groups is 2. The van der Waals surface area contributed by atoms with Gasteiger partial charge in [-0.15, -0.1) is 0 Å². The zero-order valence-corrected chi connectivity index (χ0v) is 15.5. The third kappa shape index (κ3) is 3.74. The summed E-state index contributed by atoms with van der Waals surface area (Å²) < 4.78 is 5.24. The highest BCUT2D eigenvalue weighted by molar-refractivity contribution is 6.05. The average molecular weight is 378 g/mol. The van der Waals surface area contributed by atoms with Crippen LogP contribution in [0.3, 0.4) is 0 Å². The van der Waals surface area contributed by atoms with Gasteiger partial charge in [-0.05, 0) is 24.5 Å². The number of hydrogen-bond donors (Lipinski definition) is 2. The van der Waals surface area contributed by atoms with Gasteiger partial charge in [0.1, 0.15) is 11.3 Å². The molecule has 1 aromatic carbocycles. The summed E-state index contributed by atoms with van der Waals surface area (Å²) in [5, 5.41) is 7.57. The third-order valence-electron chi connectivity index (χ3n) is 5.29. The molecule has 2 amide bonds. The van der Waals surface area contributed by atoms with Crippen molar-refractivity contribution in [1.29, 1.82) is 0 Å². The van der Waals surface area contributed by atoms with Crippen LogP contribution in [0, 0.1) is 5.92 Å². The first-order chi connectivity index (χ1) is 13.6. The second-order valence-electron chi connectivity index (χ2n) is 7.23. The zero-order chi connectivity index (χ0) is 19.5. The molecule has 3 N–H and O–H groups in total. The number of hydrogen-bond acceptors (Lipinski definition) is 5. The number of anilines is 1. The van der Waals surface area contributed by atoms with Crippen molar-refractivity contribution in [3.05, 3.63) is 42.0 Å². The Bertz CT molecular complexity index is 1020. The van der Waals surface area contributed by atoms with E-state index in [0.717, 1.165) is 17.3 Å². The Morgan fingerprint density at radius 2 is 1.93 bits per heavy atom. The Morgan fingerprint density at radius 3 is 2.71 bits per heavy atom. The number of carbonyl (C=O) groups excluding carboxylic acids is 2. The molecule has 7 heteroatoms. The van der Waals surface area contributed by atoms with Gasteiger partial charge < -0.3 is 10.3 Å². The highest BCUT2D eigenvalue weighted by atomic mass is 16.5. The van der Waals surface area contributed by atoms with Crippen molar-refractivity contribution >= 4 is 28.6 Å². The first-order valence-corrected chi connectivity index (χ1v) is 9.57. The van der Waals surface area contributed by atoms with Crippen molar-refractivity contribution in [2.24, 2.45) is 11.7 Å². The van der Waals surface area contributed by atoms with Crippen molar-refractivity contribution in [2.45, 2.75) is 38.5 Å². The van der Waals surface area contributed by atoms with E-state index in [0.29, 0.717) is 18.0 Å². The van der Waals surface area contributed by atoms with Crippen molar-refractivity contribution in [3.8, 4) is 11.4 Å². The van der Waals surface area contributed by atoms with Gasteiger partial charge in [-0.3, -0.25) is 14.9 Å². The smallest absolute Gasteiger partial charge is 0.256 e. The maximum atomic E-state index is 12.3. The average Bonchev–Trinajstić information content (AvgIpc) is 3.36. The van der Waals surface area contributed by atoms with Gasteiger partial charge in [-0.1, -0.05) is 55.1 Å². The molecule has 1 saturated carbocycles. The Hall–Kier alpha value is -3.22. The van der Waals surface area contributed by atoms with Gasteiger partial charge in [0.2, 0.25) is 11.8 Å². The van der Waals surface area contributed by atoms with E-state index < -0.39 is 5.91 Å². The van der Waals surface area contributed by atoms with Crippen LogP contribution in [-0.4, -0.2) is 22.0 Å². The van der Waals surface area contributed by atoms with Crippen LogP contribution in [0.2, 0.25) is 0 Å². The summed E-state index contributed by atoms with van der Waals surface area (Å²) in [5.41, 5.74) is 7.03. The van der Waals surface area contributed by atoms with Crippen LogP contribution >= 0.6 is 0 Å². The Kier molecular flexibility index (Phi) is 5.06. The van der Waals surface area contributed by atoms with E-state index in [1.165, 1.54) is 25.7 Å². The molecule has 0 radical (unpaired) electrons. The number of nitrogens with zero attached hydrogens (tertiary/aromatic N) is 2. The second-order valence-corrected chi connectivity index (χ2v) is 7.23. The molecule has 2 aromatic heterocycles. The fourth-order valence-corrected chi connectivity index (χ4v) is 3.80. The van der Waals surface area contributed by atoms with E-state index in [1.54, 1.807) is 6.07 Å². The molecule has 2 heterocycles. The number of benzene rings is 1. The number of aromatic nitrogens is 2. The van der Waals surface area contributed by atoms with Crippen LogP contribution in [0.5, 0.6) is 0 Å². The Labute approximate surface area is 162 Å². The number of para-hydroxylation sites is 1. The van der Waals surface area contributed by atoms with E-state index in [9.17, 15) is 9.59 Å². The van der Waals surface area contributed by atoms with Crippen LogP contribution in [0.25, 0.3) is 22.3 Å². The van der Waals surface area contributed by atoms with Gasteiger partial charge in [0.15, 0.2) is 0 Å². The monoisotopic (exact) mass is 378 g/mol. The van der Waals surface area contributed by atoms with Crippen LogP contribution in [-0.2, 0) is 4.79 Å². The first-order valence-electron chi connectivity index (χ1n) is 9.57. The lowest BCUT2D eigenvalue weighted by atomic mass is 10.0. The molecule has 0 atom stereocenters. The van der Waals surface area contributed by atoms with E-state index in [-0.39, 0.29) is 23.0 Å². The predicted molar refractivity (Wildman–Crippen MR) is 106 cm³/mol. The maximum absolute atomic E-state index is 12.3. The van der Waals surface area contributed by atoms with Crippen LogP contribution in [0.4, 0.5) is 5.88 Å². The number of nitrogens with two attached hydrogens (primary N) is 1. The van der Waals surface area contributed by atoms with Crippen molar-refractivity contribution in [2.75, 3.05) is 5.32 Å². The number of pyridine rings is 1. The predicted octanol–water partition coefficient (Wildman–Crippen LogP) is 3.90. The molecule has 4 rings (SSSR count). The van der Waals surface area contributed by atoms with Crippen LogP contribution in [0.1, 0.15) is 48.9 Å². The quantitative estimate of drug-likeness (QED) is 0.676. The first kappa shape index (κ1) is 18.2. The number of fused-ring (bicyclic) bond motifs is 1. The number of amides is 2. The number of nitrogens with one attached hydrogen (secondary N) is 1. The lowest BCUT2D eigenvalue weighted by Gasteiger charge is -2.08. The standard InChI is InChI=1S/C21H22N4O3/c22-20(27)18-19(16-11-10-14-7-3-4-8-15(14)23-16)25-28-21(18)24-17(26)12-9-13-5-1-2-6-13/h3-4,7-8,10-11,13H,1-2,5-6,9,12H2,(H2,22,27)(H,24,26). The van der Waals surface area contributed by atoms with Gasteiger partial charge in [-0.25, -0.2) is 4.98 Å². The highest BCUT2D eigenvalue weighted by Gasteiger charge is 2.25. The summed E-state index contributed by atoms with van der Waals surface area (Å²) in [7, 11) is 0. The van der Waals surface area contributed by atoms with Gasteiger partial charge >= 0.3 is 0 Å². The van der Waals surface area contributed by atoms with E-state index in [1.807, 2.05) is 30.3 Å². The molecule has 7 nitrogen and oxygen atoms in total. The fourth-order valence-electron chi connectivity index (χ4n) is 3.80. The summed E-state index contributed by atoms with van der Waals surface area (Å²) >= 11 is 0. The molecule has 0 unspecified atom stereocenters. The van der Waals surface area contributed by atoms with Crippen molar-refractivity contribution in [1.82, 2.24) is 10.1 Å². The molecule has 0 aliphatic heterocycles. The van der Waals surface area contributed by atoms with Gasteiger partial charge in [-0.2, -0.15) is 0 Å². The third-order valence-corrected chi connectivity index (χ3v) is 5.29. The fraction of sp³-hybridized carbons (Fsp3) is 0.333. The zero-order valence-electron chi connectivity index (χ0n) is 15.5. The van der Waals surface area contributed by atoms with Crippen LogP contribution < -0.4 is 11.1 Å². The minimum atomic E-state index is -0.725. The number of primary amides is 1. The summed E-state index contributed by atoms with van der Waals surface area (Å²) in [4.78, 5) is 28.9. The second kappa shape index (κ2) is 7.80. The molecule has 3 aromatic rings. The SMILES string of the molecule is NC(=O)c1c(-c2ccc3ccccc3n2)noc1NC(=O)CCC1CCCC1. The lowest BCUT2D eigenvalue weighted by Crippen LogP contribution is -2.18. The largest absolute Gasteiger partial charge is 0.365 e. The van der Waals surface area contributed by atoms with E-state index in [4.69, 9.17) is 10.3 Å². The van der Waals surface area contributed by atoms with Gasteiger partial charge in [0.25, 0.3) is 5.91 Å². The van der Waals surface area contributed by atoms with E-state index in [2.05, 4.69) is 15.5 Å². The topological polar surface area (TPSA) is 111 Å². The molecule has 28 heavy (non-hydrogen) atoms. The maximum Gasteiger partial charge on any atom is 0.256 e. The lowest BCUT2D eigenvalue weighted by molar-refractivity contribution is -0.116. The van der Waals surface area contributed by atoms with E-state index >= 15 is 0 Å². The molecule has 1 aliphatic carbocycles. The summed E-state index contributed by atoms with van der Waals surface area (Å²) in [6.07, 6.45) is 6.06. The summed E-state index contributed by atoms with van der Waals surface area (Å²) in [5.74, 6) is -0.344. The van der Waals surface area contributed by atoms with Crippen molar-refractivity contribution in [3.63, 3.8) is 0 Å². The minimum Gasteiger partial charge on any atom is -0.365 e. The molecule has 0 spiro atoms. The van der Waals surface area contributed by atoms with Crippen LogP contribution in [0.15, 0.2) is 40.9 Å². The molecular weight excluding hydrogens is 356 g/mol. The van der Waals surface area contributed by atoms with Gasteiger partial charge in [0.05, 0.1) is 11.2 Å². The Balaban J connectivity index is 1.56. The van der Waals surface area contributed by atoms with Crippen molar-refractivity contribution < 1.29 is 14.1 Å². The molecule has 0 bridgehead atoms. The minimum absolute atomic E-state index is 0.0196. The summed E-state index contributed by atoms with van der Waals surface area (Å²) in [6.45, 7) is 0. The number of rotatable bonds is 6. The summed E-state index contributed by atoms with van der Waals surface area (Å²) in [6, 6.07) is 11.3. The highest BCUT2D eigenvalue weighted by Crippen LogP contribution is 2.30. The normalized spacial score (nSPS) is 14.4. The van der Waals surface area contributed by atoms with Gasteiger partial charge in [0, 0.05) is 11.8 Å². The molecule has 144 valence electrons. The molecule has 0 saturated heterocycles. The Morgan fingerprint density at radius 1 is 1.14 bits per heavy atom. The molecule has 1 aliphatic rings. The molecule has 1 fully saturated rings. The molecular formula is C21H22N4O3.